The van der Waals surface area contributed by atoms with E-state index in [0.717, 1.165) is 12.3 Å². The van der Waals surface area contributed by atoms with Gasteiger partial charge in [-0.3, -0.25) is 9.63 Å². The maximum atomic E-state index is 12.0. The minimum absolute atomic E-state index is 0.183. The third-order valence-corrected chi connectivity index (χ3v) is 4.75. The van der Waals surface area contributed by atoms with Gasteiger partial charge in [0.15, 0.2) is 0 Å². The molecule has 0 radical (unpaired) electrons. The van der Waals surface area contributed by atoms with Crippen LogP contribution in [0.5, 0.6) is 0 Å². The Morgan fingerprint density at radius 2 is 1.61 bits per heavy atom. The van der Waals surface area contributed by atoms with Crippen molar-refractivity contribution in [3.05, 3.63) is 0 Å². The molecule has 2 fully saturated rings. The normalized spacial score (nSPS) is 30.1. The third kappa shape index (κ3) is 3.47. The number of carbonyl (C=O) groups excluding carboxylic acids is 1. The molecule has 0 N–H and O–H groups in total. The molecule has 2 aliphatic carbocycles. The Balaban J connectivity index is 1.82. The lowest BCUT2D eigenvalue weighted by molar-refractivity contribution is -0.170. The summed E-state index contributed by atoms with van der Waals surface area (Å²) in [6.07, 6.45) is 12.1. The van der Waals surface area contributed by atoms with Crippen LogP contribution in [0.2, 0.25) is 0 Å². The average Bonchev–Trinajstić information content (AvgIpc) is 3.15. The molecular formula is C15H27NO2. The first kappa shape index (κ1) is 13.9. The van der Waals surface area contributed by atoms with E-state index in [1.807, 2.05) is 0 Å². The van der Waals surface area contributed by atoms with Gasteiger partial charge in [-0.05, 0) is 18.3 Å². The van der Waals surface area contributed by atoms with Crippen molar-refractivity contribution >= 4 is 5.91 Å². The molecule has 0 aromatic heterocycles. The first-order chi connectivity index (χ1) is 8.74. The number of hydroxylamine groups is 2. The zero-order valence-corrected chi connectivity index (χ0v) is 11.9. The highest BCUT2D eigenvalue weighted by molar-refractivity contribution is 5.80. The summed E-state index contributed by atoms with van der Waals surface area (Å²) in [6, 6.07) is 0. The van der Waals surface area contributed by atoms with Gasteiger partial charge in [-0.15, -0.1) is 0 Å². The Bertz CT molecular complexity index is 270. The van der Waals surface area contributed by atoms with E-state index < -0.39 is 0 Å². The van der Waals surface area contributed by atoms with Crippen molar-refractivity contribution in [2.45, 2.75) is 57.8 Å². The highest BCUT2D eigenvalue weighted by atomic mass is 16.7. The zero-order valence-electron chi connectivity index (χ0n) is 11.9. The smallest absolute Gasteiger partial charge is 0.249 e. The fourth-order valence-electron chi connectivity index (χ4n) is 3.44. The van der Waals surface area contributed by atoms with Crippen LogP contribution in [0.15, 0.2) is 0 Å². The van der Waals surface area contributed by atoms with Crippen molar-refractivity contribution in [3.63, 3.8) is 0 Å². The molecule has 2 unspecified atom stereocenters. The van der Waals surface area contributed by atoms with Gasteiger partial charge in [-0.1, -0.05) is 51.4 Å². The van der Waals surface area contributed by atoms with Crippen molar-refractivity contribution < 1.29 is 9.63 Å². The summed E-state index contributed by atoms with van der Waals surface area (Å²) in [7, 11) is 3.29. The second kappa shape index (κ2) is 6.55. The standard InChI is InChI=1S/C15H27NO2/c1-16(18-2)15(17)14-11-13(14)12-9-7-5-3-4-6-8-10-12/h12-14H,3-11H2,1-2H3. The maximum absolute atomic E-state index is 12.0. The largest absolute Gasteiger partial charge is 0.275 e. The average molecular weight is 253 g/mol. The first-order valence-corrected chi connectivity index (χ1v) is 7.55. The van der Waals surface area contributed by atoms with Gasteiger partial charge < -0.3 is 0 Å². The number of nitrogens with zero attached hydrogens (tertiary/aromatic N) is 1. The molecule has 104 valence electrons. The first-order valence-electron chi connectivity index (χ1n) is 7.55. The van der Waals surface area contributed by atoms with E-state index in [1.165, 1.54) is 56.4 Å². The number of amides is 1. The lowest BCUT2D eigenvalue weighted by Gasteiger charge is -2.17. The topological polar surface area (TPSA) is 29.5 Å². The molecule has 3 heteroatoms. The molecule has 0 bridgehead atoms. The van der Waals surface area contributed by atoms with E-state index in [0.29, 0.717) is 5.92 Å². The summed E-state index contributed by atoms with van der Waals surface area (Å²) in [4.78, 5) is 17.0. The van der Waals surface area contributed by atoms with Crippen molar-refractivity contribution in [1.29, 1.82) is 0 Å². The summed E-state index contributed by atoms with van der Waals surface area (Å²) in [5.41, 5.74) is 0. The van der Waals surface area contributed by atoms with Gasteiger partial charge in [0.2, 0.25) is 5.91 Å². The van der Waals surface area contributed by atoms with Gasteiger partial charge in [0.05, 0.1) is 7.11 Å². The van der Waals surface area contributed by atoms with E-state index in [2.05, 4.69) is 0 Å². The summed E-state index contributed by atoms with van der Waals surface area (Å²) in [5.74, 6) is 1.87. The van der Waals surface area contributed by atoms with Crippen LogP contribution in [0.1, 0.15) is 57.8 Å². The van der Waals surface area contributed by atoms with Gasteiger partial charge in [0, 0.05) is 13.0 Å². The fourth-order valence-corrected chi connectivity index (χ4v) is 3.44. The predicted molar refractivity (Wildman–Crippen MR) is 71.8 cm³/mol. The number of hydrogen-bond acceptors (Lipinski definition) is 2. The van der Waals surface area contributed by atoms with Crippen LogP contribution in [0, 0.1) is 17.8 Å². The second-order valence-electron chi connectivity index (χ2n) is 5.98. The Morgan fingerprint density at radius 1 is 1.06 bits per heavy atom. The quantitative estimate of drug-likeness (QED) is 0.721. The highest BCUT2D eigenvalue weighted by Crippen LogP contribution is 2.49. The van der Waals surface area contributed by atoms with Gasteiger partial charge in [0.1, 0.15) is 0 Å². The van der Waals surface area contributed by atoms with E-state index in [9.17, 15) is 4.79 Å². The summed E-state index contributed by atoms with van der Waals surface area (Å²) >= 11 is 0. The molecule has 0 aromatic carbocycles. The SMILES string of the molecule is CON(C)C(=O)C1CC1C1CCCCCCCC1. The van der Waals surface area contributed by atoms with Gasteiger partial charge in [-0.25, -0.2) is 5.06 Å². The summed E-state index contributed by atoms with van der Waals surface area (Å²) in [6.45, 7) is 0. The monoisotopic (exact) mass is 253 g/mol. The summed E-state index contributed by atoms with van der Waals surface area (Å²) < 4.78 is 0. The molecule has 2 saturated carbocycles. The van der Waals surface area contributed by atoms with Gasteiger partial charge >= 0.3 is 0 Å². The van der Waals surface area contributed by atoms with Crippen molar-refractivity contribution in [3.8, 4) is 0 Å². The minimum Gasteiger partial charge on any atom is -0.275 e. The molecule has 3 nitrogen and oxygen atoms in total. The summed E-state index contributed by atoms with van der Waals surface area (Å²) in [5, 5.41) is 1.40. The van der Waals surface area contributed by atoms with E-state index in [4.69, 9.17) is 4.84 Å². The van der Waals surface area contributed by atoms with Crippen LogP contribution in [0.3, 0.4) is 0 Å². The predicted octanol–water partition coefficient (Wildman–Crippen LogP) is 3.39. The number of hydrogen-bond donors (Lipinski definition) is 0. The molecule has 2 rings (SSSR count). The molecule has 2 aliphatic rings. The van der Waals surface area contributed by atoms with Crippen molar-refractivity contribution in [2.75, 3.05) is 14.2 Å². The van der Waals surface area contributed by atoms with Gasteiger partial charge in [0.25, 0.3) is 0 Å². The Labute approximate surface area is 111 Å². The molecule has 18 heavy (non-hydrogen) atoms. The van der Waals surface area contributed by atoms with E-state index in [1.54, 1.807) is 14.2 Å². The van der Waals surface area contributed by atoms with Crippen LogP contribution >= 0.6 is 0 Å². The van der Waals surface area contributed by atoms with Crippen LogP contribution in [-0.2, 0) is 9.63 Å². The molecular weight excluding hydrogens is 226 g/mol. The van der Waals surface area contributed by atoms with Crippen LogP contribution < -0.4 is 0 Å². The molecule has 0 aromatic rings. The maximum Gasteiger partial charge on any atom is 0.249 e. The van der Waals surface area contributed by atoms with Gasteiger partial charge in [-0.2, -0.15) is 0 Å². The Morgan fingerprint density at radius 3 is 2.17 bits per heavy atom. The van der Waals surface area contributed by atoms with E-state index >= 15 is 0 Å². The zero-order chi connectivity index (χ0) is 13.0. The highest BCUT2D eigenvalue weighted by Gasteiger charge is 2.48. The minimum atomic E-state index is 0.183. The number of carbonyl (C=O) groups is 1. The second-order valence-corrected chi connectivity index (χ2v) is 5.98. The van der Waals surface area contributed by atoms with Crippen molar-refractivity contribution in [2.24, 2.45) is 17.8 Å². The van der Waals surface area contributed by atoms with Crippen LogP contribution in [-0.4, -0.2) is 25.1 Å². The molecule has 1 amide bonds. The molecule has 0 spiro atoms. The van der Waals surface area contributed by atoms with Crippen LogP contribution in [0.4, 0.5) is 0 Å². The van der Waals surface area contributed by atoms with Crippen LogP contribution in [0.25, 0.3) is 0 Å². The van der Waals surface area contributed by atoms with E-state index in [-0.39, 0.29) is 11.8 Å². The van der Waals surface area contributed by atoms with Crippen molar-refractivity contribution in [1.82, 2.24) is 5.06 Å². The Kier molecular flexibility index (Phi) is 5.04. The fraction of sp³-hybridized carbons (Fsp3) is 0.933. The lowest BCUT2D eigenvalue weighted by atomic mass is 9.91. The Hall–Kier alpha value is -0.570. The third-order valence-electron chi connectivity index (χ3n) is 4.75. The molecule has 0 saturated heterocycles. The molecule has 2 atom stereocenters. The molecule has 0 aliphatic heterocycles. The molecule has 0 heterocycles. The lowest BCUT2D eigenvalue weighted by Crippen LogP contribution is -2.28. The number of rotatable bonds is 3.